The molecular formula is C13H8FN. The molecule has 0 radical (unpaired) electrons. The first-order valence-electron chi connectivity index (χ1n) is 4.77. The van der Waals surface area contributed by atoms with Crippen molar-refractivity contribution in [2.75, 3.05) is 0 Å². The lowest BCUT2D eigenvalue weighted by Gasteiger charge is -2.02. The summed E-state index contributed by atoms with van der Waals surface area (Å²) in [7, 11) is 0. The maximum absolute atomic E-state index is 13.0. The van der Waals surface area contributed by atoms with Gasteiger partial charge in [-0.3, -0.25) is 4.98 Å². The minimum Gasteiger partial charge on any atom is -0.256 e. The summed E-state index contributed by atoms with van der Waals surface area (Å²) in [6.07, 6.45) is 1.71. The predicted molar refractivity (Wildman–Crippen MR) is 59.2 cm³/mol. The van der Waals surface area contributed by atoms with Crippen molar-refractivity contribution < 1.29 is 4.39 Å². The number of halogens is 1. The van der Waals surface area contributed by atoms with Gasteiger partial charge in [-0.15, -0.1) is 0 Å². The van der Waals surface area contributed by atoms with Crippen molar-refractivity contribution in [1.82, 2.24) is 4.98 Å². The molecule has 0 aliphatic rings. The van der Waals surface area contributed by atoms with E-state index in [2.05, 4.69) is 4.98 Å². The molecule has 0 bridgehead atoms. The van der Waals surface area contributed by atoms with E-state index in [4.69, 9.17) is 0 Å². The van der Waals surface area contributed by atoms with Gasteiger partial charge < -0.3 is 0 Å². The molecule has 0 aliphatic carbocycles. The van der Waals surface area contributed by atoms with Crippen LogP contribution < -0.4 is 0 Å². The molecule has 2 aromatic carbocycles. The predicted octanol–water partition coefficient (Wildman–Crippen LogP) is 3.53. The second-order valence-corrected chi connectivity index (χ2v) is 3.51. The molecule has 0 saturated carbocycles. The fourth-order valence-electron chi connectivity index (χ4n) is 1.84. The number of hydrogen-bond acceptors (Lipinski definition) is 1. The van der Waals surface area contributed by atoms with Crippen LogP contribution >= 0.6 is 0 Å². The third-order valence-corrected chi connectivity index (χ3v) is 2.55. The molecule has 0 fully saturated rings. The van der Waals surface area contributed by atoms with Crippen molar-refractivity contribution in [3.8, 4) is 0 Å². The highest BCUT2D eigenvalue weighted by Crippen LogP contribution is 2.23. The minimum absolute atomic E-state index is 0.223. The van der Waals surface area contributed by atoms with Gasteiger partial charge in [-0.25, -0.2) is 4.39 Å². The SMILES string of the molecule is Fc1ccc2c(cnc3ccccc32)c1. The Morgan fingerprint density at radius 2 is 1.80 bits per heavy atom. The lowest BCUT2D eigenvalue weighted by Crippen LogP contribution is -1.82. The van der Waals surface area contributed by atoms with Crippen LogP contribution in [0.1, 0.15) is 0 Å². The molecule has 3 aromatic rings. The second kappa shape index (κ2) is 3.02. The number of fused-ring (bicyclic) bond motifs is 3. The summed E-state index contributed by atoms with van der Waals surface area (Å²) in [4.78, 5) is 4.28. The fourth-order valence-corrected chi connectivity index (χ4v) is 1.84. The van der Waals surface area contributed by atoms with E-state index in [-0.39, 0.29) is 5.82 Å². The largest absolute Gasteiger partial charge is 0.256 e. The first-order valence-corrected chi connectivity index (χ1v) is 4.77. The van der Waals surface area contributed by atoms with Gasteiger partial charge in [0.2, 0.25) is 0 Å². The van der Waals surface area contributed by atoms with Crippen LogP contribution in [0.25, 0.3) is 21.7 Å². The van der Waals surface area contributed by atoms with Gasteiger partial charge in [-0.1, -0.05) is 24.3 Å². The molecule has 2 heteroatoms. The summed E-state index contributed by atoms with van der Waals surface area (Å²) >= 11 is 0. The van der Waals surface area contributed by atoms with Crippen molar-refractivity contribution in [3.63, 3.8) is 0 Å². The first kappa shape index (κ1) is 8.36. The molecule has 0 atom stereocenters. The average molecular weight is 197 g/mol. The van der Waals surface area contributed by atoms with Gasteiger partial charge in [-0.2, -0.15) is 0 Å². The van der Waals surface area contributed by atoms with Crippen molar-refractivity contribution in [1.29, 1.82) is 0 Å². The average Bonchev–Trinajstić information content (AvgIpc) is 2.28. The molecule has 0 unspecified atom stereocenters. The maximum Gasteiger partial charge on any atom is 0.123 e. The van der Waals surface area contributed by atoms with Gasteiger partial charge in [0.05, 0.1) is 5.52 Å². The molecule has 1 heterocycles. The molecule has 72 valence electrons. The number of para-hydroxylation sites is 1. The lowest BCUT2D eigenvalue weighted by atomic mass is 10.1. The minimum atomic E-state index is -0.223. The summed E-state index contributed by atoms with van der Waals surface area (Å²) in [6.45, 7) is 0. The molecule has 0 saturated heterocycles. The van der Waals surface area contributed by atoms with E-state index < -0.39 is 0 Å². The molecule has 0 amide bonds. The van der Waals surface area contributed by atoms with Gasteiger partial charge in [-0.05, 0) is 23.6 Å². The van der Waals surface area contributed by atoms with Crippen LogP contribution in [0.5, 0.6) is 0 Å². The summed E-state index contributed by atoms with van der Waals surface area (Å²) in [6, 6.07) is 12.7. The molecule has 1 aromatic heterocycles. The van der Waals surface area contributed by atoms with Crippen LogP contribution in [0.3, 0.4) is 0 Å². The molecule has 0 aliphatic heterocycles. The summed E-state index contributed by atoms with van der Waals surface area (Å²) < 4.78 is 13.0. The van der Waals surface area contributed by atoms with Crippen molar-refractivity contribution in [3.05, 3.63) is 54.5 Å². The number of pyridine rings is 1. The highest BCUT2D eigenvalue weighted by molar-refractivity contribution is 6.05. The number of nitrogens with zero attached hydrogens (tertiary/aromatic N) is 1. The Morgan fingerprint density at radius 3 is 2.73 bits per heavy atom. The summed E-state index contributed by atoms with van der Waals surface area (Å²) in [5.74, 6) is -0.223. The smallest absolute Gasteiger partial charge is 0.123 e. The zero-order valence-electron chi connectivity index (χ0n) is 7.94. The van der Waals surface area contributed by atoms with Crippen LogP contribution in [0, 0.1) is 5.82 Å². The second-order valence-electron chi connectivity index (χ2n) is 3.51. The van der Waals surface area contributed by atoms with Gasteiger partial charge >= 0.3 is 0 Å². The third kappa shape index (κ3) is 1.26. The van der Waals surface area contributed by atoms with Gasteiger partial charge in [0.1, 0.15) is 5.82 Å². The Kier molecular flexibility index (Phi) is 1.68. The first-order chi connectivity index (χ1) is 7.34. The van der Waals surface area contributed by atoms with Gasteiger partial charge in [0.25, 0.3) is 0 Å². The van der Waals surface area contributed by atoms with E-state index in [1.807, 2.05) is 24.3 Å². The molecule has 0 N–H and O–H groups in total. The normalized spacial score (nSPS) is 11.0. The Hall–Kier alpha value is -1.96. The topological polar surface area (TPSA) is 12.9 Å². The lowest BCUT2D eigenvalue weighted by molar-refractivity contribution is 0.630. The highest BCUT2D eigenvalue weighted by atomic mass is 19.1. The Bertz CT molecular complexity index is 646. The van der Waals surface area contributed by atoms with Crippen LogP contribution in [0.2, 0.25) is 0 Å². The van der Waals surface area contributed by atoms with E-state index in [9.17, 15) is 4.39 Å². The zero-order valence-corrected chi connectivity index (χ0v) is 7.94. The third-order valence-electron chi connectivity index (χ3n) is 2.55. The Morgan fingerprint density at radius 1 is 0.933 bits per heavy atom. The number of aromatic nitrogens is 1. The standard InChI is InChI=1S/C13H8FN/c14-10-5-6-11-9(7-10)8-15-13-4-2-1-3-12(11)13/h1-8H. The molecule has 0 spiro atoms. The van der Waals surface area contributed by atoms with E-state index in [1.165, 1.54) is 12.1 Å². The molecule has 1 nitrogen and oxygen atoms in total. The Balaban J connectivity index is 2.55. The summed E-state index contributed by atoms with van der Waals surface area (Å²) in [5, 5.41) is 2.95. The monoisotopic (exact) mass is 197 g/mol. The highest BCUT2D eigenvalue weighted by Gasteiger charge is 2.01. The van der Waals surface area contributed by atoms with Crippen LogP contribution in [-0.4, -0.2) is 4.98 Å². The fraction of sp³-hybridized carbons (Fsp3) is 0. The van der Waals surface area contributed by atoms with E-state index in [0.29, 0.717) is 0 Å². The summed E-state index contributed by atoms with van der Waals surface area (Å²) in [5.41, 5.74) is 0.941. The van der Waals surface area contributed by atoms with Crippen LogP contribution in [0.4, 0.5) is 4.39 Å². The van der Waals surface area contributed by atoms with E-state index >= 15 is 0 Å². The van der Waals surface area contributed by atoms with E-state index in [1.54, 1.807) is 12.3 Å². The quantitative estimate of drug-likeness (QED) is 0.502. The number of rotatable bonds is 0. The van der Waals surface area contributed by atoms with Gasteiger partial charge in [0, 0.05) is 17.0 Å². The zero-order chi connectivity index (χ0) is 10.3. The number of benzene rings is 2. The Labute approximate surface area is 86.2 Å². The van der Waals surface area contributed by atoms with Gasteiger partial charge in [0.15, 0.2) is 0 Å². The van der Waals surface area contributed by atoms with Crippen LogP contribution in [-0.2, 0) is 0 Å². The molecular weight excluding hydrogens is 189 g/mol. The van der Waals surface area contributed by atoms with Crippen molar-refractivity contribution in [2.24, 2.45) is 0 Å². The maximum atomic E-state index is 13.0. The molecule has 15 heavy (non-hydrogen) atoms. The van der Waals surface area contributed by atoms with E-state index in [0.717, 1.165) is 21.7 Å². The number of hydrogen-bond donors (Lipinski definition) is 0. The van der Waals surface area contributed by atoms with Crippen molar-refractivity contribution >= 4 is 21.7 Å². The molecule has 3 rings (SSSR count). The van der Waals surface area contributed by atoms with Crippen LogP contribution in [0.15, 0.2) is 48.7 Å². The van der Waals surface area contributed by atoms with Crippen molar-refractivity contribution in [2.45, 2.75) is 0 Å².